The van der Waals surface area contributed by atoms with Gasteiger partial charge in [0.1, 0.15) is 24.3 Å². The lowest BCUT2D eigenvalue weighted by molar-refractivity contribution is -0.137. The van der Waals surface area contributed by atoms with Crippen molar-refractivity contribution >= 4 is 23.5 Å². The summed E-state index contributed by atoms with van der Waals surface area (Å²) in [5.41, 5.74) is 4.73. The van der Waals surface area contributed by atoms with Crippen LogP contribution in [-0.4, -0.2) is 44.8 Å². The number of nitrogen functional groups attached to an aromatic ring is 1. The van der Waals surface area contributed by atoms with E-state index >= 15 is 0 Å². The van der Waals surface area contributed by atoms with Crippen LogP contribution in [0.1, 0.15) is 18.2 Å². The Morgan fingerprint density at radius 1 is 1.71 bits per heavy atom. The molecular weight excluding hydrogens is 305 g/mol. The molecule has 1 aliphatic heterocycles. The van der Waals surface area contributed by atoms with Gasteiger partial charge in [-0.1, -0.05) is 11.6 Å². The highest BCUT2D eigenvalue weighted by atomic mass is 35.5. The maximum atomic E-state index is 13.1. The van der Waals surface area contributed by atoms with Gasteiger partial charge in [-0.15, -0.1) is 0 Å². The Labute approximate surface area is 124 Å². The van der Waals surface area contributed by atoms with E-state index in [9.17, 15) is 19.4 Å². The van der Waals surface area contributed by atoms with E-state index in [1.807, 2.05) is 0 Å². The van der Waals surface area contributed by atoms with E-state index in [2.05, 4.69) is 4.98 Å². The van der Waals surface area contributed by atoms with Crippen LogP contribution in [0.2, 0.25) is 0 Å². The Hall–Kier alpha value is -1.48. The highest BCUT2D eigenvalue weighted by Crippen LogP contribution is 2.36. The lowest BCUT2D eigenvalue weighted by Crippen LogP contribution is -2.45. The van der Waals surface area contributed by atoms with E-state index in [0.717, 1.165) is 4.57 Å². The van der Waals surface area contributed by atoms with Crippen LogP contribution in [0.25, 0.3) is 6.08 Å². The molecule has 1 aromatic rings. The highest BCUT2D eigenvalue weighted by molar-refractivity contribution is 6.27. The minimum atomic E-state index is -1.73. The maximum Gasteiger partial charge on any atom is 0.351 e. The predicted octanol–water partition coefficient (Wildman–Crippen LogP) is 0.0154. The fourth-order valence-corrected chi connectivity index (χ4v) is 2.31. The summed E-state index contributed by atoms with van der Waals surface area (Å²) in [6.07, 6.45) is 0.534. The second-order valence-corrected chi connectivity index (χ2v) is 5.00. The summed E-state index contributed by atoms with van der Waals surface area (Å²) in [6, 6.07) is 0. The van der Waals surface area contributed by atoms with Crippen LogP contribution in [0.3, 0.4) is 0 Å². The second-order valence-electron chi connectivity index (χ2n) is 4.74. The number of hydrogen-bond acceptors (Lipinski definition) is 6. The van der Waals surface area contributed by atoms with Crippen molar-refractivity contribution in [3.05, 3.63) is 27.8 Å². The van der Waals surface area contributed by atoms with Crippen molar-refractivity contribution in [2.45, 2.75) is 24.4 Å². The molecule has 0 amide bonds. The van der Waals surface area contributed by atoms with Gasteiger partial charge in [-0.2, -0.15) is 4.98 Å². The lowest BCUT2D eigenvalue weighted by atomic mass is 10.00. The largest absolute Gasteiger partial charge is 0.393 e. The molecule has 9 heteroatoms. The molecule has 0 aliphatic carbocycles. The Bertz CT molecular complexity index is 603. The number of nitrogens with zero attached hydrogens (tertiary/aromatic N) is 2. The van der Waals surface area contributed by atoms with Crippen molar-refractivity contribution in [3.8, 4) is 0 Å². The Kier molecular flexibility index (Phi) is 4.62. The van der Waals surface area contributed by atoms with Gasteiger partial charge in [-0.3, -0.25) is 4.57 Å². The van der Waals surface area contributed by atoms with Gasteiger partial charge in [0.05, 0.1) is 12.7 Å². The number of aliphatic hydroxyl groups excluding tert-OH is 2. The molecule has 0 aromatic carbocycles. The molecule has 2 rings (SSSR count). The molecule has 0 bridgehead atoms. The third-order valence-corrected chi connectivity index (χ3v) is 3.59. The van der Waals surface area contributed by atoms with Gasteiger partial charge in [-0.25, -0.2) is 9.18 Å². The van der Waals surface area contributed by atoms with Crippen LogP contribution in [0.5, 0.6) is 0 Å². The topological polar surface area (TPSA) is 111 Å². The van der Waals surface area contributed by atoms with Gasteiger partial charge < -0.3 is 20.7 Å². The zero-order valence-electron chi connectivity index (χ0n) is 10.9. The smallest absolute Gasteiger partial charge is 0.351 e. The molecule has 21 heavy (non-hydrogen) atoms. The molecule has 1 aromatic heterocycles. The second kappa shape index (κ2) is 6.10. The van der Waals surface area contributed by atoms with Crippen LogP contribution in [-0.2, 0) is 4.74 Å². The summed E-state index contributed by atoms with van der Waals surface area (Å²) in [7, 11) is 0. The number of anilines is 1. The molecule has 3 atom stereocenters. The first-order valence-electron chi connectivity index (χ1n) is 6.15. The number of rotatable bonds is 4. The van der Waals surface area contributed by atoms with Crippen LogP contribution < -0.4 is 11.4 Å². The van der Waals surface area contributed by atoms with E-state index in [0.29, 0.717) is 5.56 Å². The van der Waals surface area contributed by atoms with Crippen LogP contribution in [0.15, 0.2) is 16.5 Å². The molecule has 0 spiro atoms. The minimum absolute atomic E-state index is 0.00870. The molecule has 2 heterocycles. The minimum Gasteiger partial charge on any atom is -0.393 e. The van der Waals surface area contributed by atoms with Crippen molar-refractivity contribution < 1.29 is 19.3 Å². The molecule has 4 N–H and O–H groups in total. The SMILES string of the molecule is Nc1nc(=O)n([C@H]2C[C@H](O)[C@](CO)(CF)O2)cc1C=CCl. The average molecular weight is 320 g/mol. The first-order valence-corrected chi connectivity index (χ1v) is 6.59. The number of aromatic nitrogens is 2. The zero-order chi connectivity index (χ0) is 15.6. The summed E-state index contributed by atoms with van der Waals surface area (Å²) in [4.78, 5) is 15.5. The number of hydrogen-bond donors (Lipinski definition) is 3. The van der Waals surface area contributed by atoms with Crippen LogP contribution in [0.4, 0.5) is 10.2 Å². The summed E-state index contributed by atoms with van der Waals surface area (Å²) in [5, 5.41) is 19.1. The Morgan fingerprint density at radius 3 is 2.95 bits per heavy atom. The van der Waals surface area contributed by atoms with E-state index < -0.39 is 36.9 Å². The molecule has 0 saturated carbocycles. The van der Waals surface area contributed by atoms with Crippen molar-refractivity contribution in [1.82, 2.24) is 9.55 Å². The maximum absolute atomic E-state index is 13.1. The molecule has 0 radical (unpaired) electrons. The summed E-state index contributed by atoms with van der Waals surface area (Å²) < 4.78 is 19.5. The quantitative estimate of drug-likeness (QED) is 0.721. The third kappa shape index (κ3) is 2.80. The number of alkyl halides is 1. The lowest BCUT2D eigenvalue weighted by Gasteiger charge is -2.26. The number of nitrogens with two attached hydrogens (primary N) is 1. The van der Waals surface area contributed by atoms with Crippen molar-refractivity contribution in [3.63, 3.8) is 0 Å². The monoisotopic (exact) mass is 319 g/mol. The molecule has 116 valence electrons. The normalized spacial score (nSPS) is 29.3. The Morgan fingerprint density at radius 2 is 2.43 bits per heavy atom. The molecule has 0 unspecified atom stereocenters. The van der Waals surface area contributed by atoms with E-state index in [1.54, 1.807) is 0 Å². The number of aliphatic hydroxyl groups is 2. The summed E-state index contributed by atoms with van der Waals surface area (Å²) >= 11 is 5.47. The van der Waals surface area contributed by atoms with Crippen LogP contribution >= 0.6 is 11.6 Å². The fraction of sp³-hybridized carbons (Fsp3) is 0.500. The first kappa shape index (κ1) is 15.9. The van der Waals surface area contributed by atoms with Crippen LogP contribution in [0, 0.1) is 0 Å². The van der Waals surface area contributed by atoms with Crippen molar-refractivity contribution in [2.75, 3.05) is 19.0 Å². The van der Waals surface area contributed by atoms with Gasteiger partial charge in [0.25, 0.3) is 0 Å². The van der Waals surface area contributed by atoms with Gasteiger partial charge in [0.15, 0.2) is 0 Å². The van der Waals surface area contributed by atoms with Gasteiger partial charge >= 0.3 is 5.69 Å². The standard InChI is InChI=1S/C12H15ClFN3O4/c13-2-1-7-4-17(11(20)16-10(7)15)9-3-8(19)12(5-14,6-18)21-9/h1-2,4,8-9,18-19H,3,5-6H2,(H2,15,16,20)/t8-,9+,12+/m0/s1. The fourth-order valence-electron chi connectivity index (χ4n) is 2.18. The number of ether oxygens (including phenoxy) is 1. The van der Waals surface area contributed by atoms with E-state index in [1.165, 1.54) is 17.8 Å². The third-order valence-electron chi connectivity index (χ3n) is 3.46. The van der Waals surface area contributed by atoms with Gasteiger partial charge in [0.2, 0.25) is 0 Å². The molecule has 1 saturated heterocycles. The number of halogens is 2. The molecule has 1 aliphatic rings. The van der Waals surface area contributed by atoms with Crippen molar-refractivity contribution in [2.24, 2.45) is 0 Å². The summed E-state index contributed by atoms with van der Waals surface area (Å²) in [6.45, 7) is -1.78. The molecule has 7 nitrogen and oxygen atoms in total. The summed E-state index contributed by atoms with van der Waals surface area (Å²) in [5.74, 6) is -0.00870. The highest BCUT2D eigenvalue weighted by Gasteiger charge is 2.49. The predicted molar refractivity (Wildman–Crippen MR) is 74.3 cm³/mol. The molecular formula is C12H15ClFN3O4. The van der Waals surface area contributed by atoms with E-state index in [4.69, 9.17) is 22.1 Å². The molecule has 1 fully saturated rings. The van der Waals surface area contributed by atoms with Gasteiger partial charge in [-0.05, 0) is 6.08 Å². The zero-order valence-corrected chi connectivity index (χ0v) is 11.7. The van der Waals surface area contributed by atoms with Crippen molar-refractivity contribution in [1.29, 1.82) is 0 Å². The Balaban J connectivity index is 2.40. The first-order chi connectivity index (χ1) is 9.97. The average Bonchev–Trinajstić information content (AvgIpc) is 2.79. The van der Waals surface area contributed by atoms with Gasteiger partial charge in [0, 0.05) is 23.7 Å². The van der Waals surface area contributed by atoms with E-state index in [-0.39, 0.29) is 12.2 Å².